The number of nitrogens with two attached hydrogens (primary N) is 2. The lowest BCUT2D eigenvalue weighted by Gasteiger charge is -2.35. The molecule has 0 aromatic heterocycles. The van der Waals surface area contributed by atoms with E-state index >= 15 is 0 Å². The van der Waals surface area contributed by atoms with Crippen LogP contribution in [0.4, 0.5) is 0 Å². The minimum Gasteiger partial charge on any atom is -0.271 e. The summed E-state index contributed by atoms with van der Waals surface area (Å²) in [7, 11) is -3.09. The minimum atomic E-state index is -3.09. The third-order valence-corrected chi connectivity index (χ3v) is 3.96. The molecule has 0 saturated heterocycles. The molecule has 13 heavy (non-hydrogen) atoms. The van der Waals surface area contributed by atoms with Crippen molar-refractivity contribution < 1.29 is 4.57 Å². The summed E-state index contributed by atoms with van der Waals surface area (Å²) in [6.45, 7) is 8.07. The molecule has 2 unspecified atom stereocenters. The average Bonchev–Trinajstić information content (AvgIpc) is 2.01. The molecule has 0 radical (unpaired) electrons. The summed E-state index contributed by atoms with van der Waals surface area (Å²) in [6, 6.07) is 0.353. The van der Waals surface area contributed by atoms with Crippen LogP contribution in [-0.4, -0.2) is 16.8 Å². The second kappa shape index (κ2) is 5.11. The molecule has 80 valence electrons. The number of rotatable bonds is 5. The van der Waals surface area contributed by atoms with Gasteiger partial charge in [0.2, 0.25) is 0 Å². The van der Waals surface area contributed by atoms with Crippen LogP contribution in [0.3, 0.4) is 0 Å². The highest BCUT2D eigenvalue weighted by Crippen LogP contribution is 2.37. The van der Waals surface area contributed by atoms with Crippen LogP contribution >= 0.6 is 7.59 Å². The lowest BCUT2D eigenvalue weighted by molar-refractivity contribution is 0.259. The normalized spacial score (nSPS) is 17.5. The van der Waals surface area contributed by atoms with E-state index in [1.165, 1.54) is 0 Å². The van der Waals surface area contributed by atoms with Crippen LogP contribution < -0.4 is 11.0 Å². The molecule has 0 saturated carbocycles. The third-order valence-electron chi connectivity index (χ3n) is 2.45. The summed E-state index contributed by atoms with van der Waals surface area (Å²) < 4.78 is 13.3. The first kappa shape index (κ1) is 13.1. The van der Waals surface area contributed by atoms with Gasteiger partial charge in [-0.25, -0.2) is 4.67 Å². The monoisotopic (exact) mass is 207 g/mol. The largest absolute Gasteiger partial charge is 0.276 e. The molecule has 0 aliphatic heterocycles. The molecule has 0 aliphatic rings. The van der Waals surface area contributed by atoms with Gasteiger partial charge in [-0.15, -0.1) is 0 Å². The first-order valence-electron chi connectivity index (χ1n) is 4.80. The van der Waals surface area contributed by atoms with E-state index in [1.807, 2.05) is 27.7 Å². The molecule has 0 fully saturated rings. The number of hydrogen-bond donors (Lipinski definition) is 2. The van der Waals surface area contributed by atoms with Crippen molar-refractivity contribution in [3.05, 3.63) is 0 Å². The smallest absolute Gasteiger partial charge is 0.271 e. The first-order chi connectivity index (χ1) is 5.84. The second-order valence-electron chi connectivity index (χ2n) is 3.57. The summed E-state index contributed by atoms with van der Waals surface area (Å²) in [4.78, 5) is 0. The van der Waals surface area contributed by atoms with Gasteiger partial charge >= 0.3 is 0 Å². The highest BCUT2D eigenvalue weighted by Gasteiger charge is 2.29. The molecule has 2 atom stereocenters. The van der Waals surface area contributed by atoms with Crippen molar-refractivity contribution >= 4 is 7.59 Å². The molecule has 0 amide bonds. The van der Waals surface area contributed by atoms with Gasteiger partial charge in [0, 0.05) is 12.1 Å². The van der Waals surface area contributed by atoms with E-state index in [2.05, 4.69) is 0 Å². The van der Waals surface area contributed by atoms with Crippen LogP contribution in [0.15, 0.2) is 0 Å². The van der Waals surface area contributed by atoms with Crippen LogP contribution in [0.1, 0.15) is 40.5 Å². The lowest BCUT2D eigenvalue weighted by Crippen LogP contribution is -2.41. The van der Waals surface area contributed by atoms with Crippen LogP contribution in [0.2, 0.25) is 0 Å². The zero-order valence-corrected chi connectivity index (χ0v) is 9.92. The fourth-order valence-corrected chi connectivity index (χ4v) is 2.98. The topological polar surface area (TPSA) is 72.3 Å². The van der Waals surface area contributed by atoms with Crippen molar-refractivity contribution in [3.8, 4) is 0 Å². The zero-order valence-electron chi connectivity index (χ0n) is 9.03. The molecule has 4 N–H and O–H groups in total. The van der Waals surface area contributed by atoms with Gasteiger partial charge in [0.1, 0.15) is 0 Å². The maximum Gasteiger partial charge on any atom is 0.276 e. The Morgan fingerprint density at radius 2 is 1.46 bits per heavy atom. The van der Waals surface area contributed by atoms with E-state index in [-0.39, 0.29) is 12.1 Å². The standard InChI is InChI=1S/C8H22N3OP/c1-5-7(3)11(8(4)6-2)13(9,10)12/h7-8H,5-6H2,1-4H3,(H4,9,10,12). The number of nitrogens with zero attached hydrogens (tertiary/aromatic N) is 1. The summed E-state index contributed by atoms with van der Waals surface area (Å²) >= 11 is 0. The Balaban J connectivity index is 4.65. The quantitative estimate of drug-likeness (QED) is 0.675. The Labute approximate surface area is 81.2 Å². The van der Waals surface area contributed by atoms with Gasteiger partial charge in [-0.2, -0.15) is 0 Å². The van der Waals surface area contributed by atoms with Gasteiger partial charge in [-0.3, -0.25) is 15.6 Å². The van der Waals surface area contributed by atoms with E-state index in [0.717, 1.165) is 12.8 Å². The first-order valence-corrected chi connectivity index (χ1v) is 6.60. The Bertz CT molecular complexity index is 182. The summed E-state index contributed by atoms with van der Waals surface area (Å²) in [5.41, 5.74) is 11.0. The number of hydrogen-bond acceptors (Lipinski definition) is 1. The molecule has 4 nitrogen and oxygen atoms in total. The fraction of sp³-hybridized carbons (Fsp3) is 1.00. The zero-order chi connectivity index (χ0) is 10.6. The van der Waals surface area contributed by atoms with Crippen molar-refractivity contribution in [1.82, 2.24) is 4.67 Å². The highest BCUT2D eigenvalue weighted by molar-refractivity contribution is 7.56. The molecule has 0 rings (SSSR count). The van der Waals surface area contributed by atoms with Crippen molar-refractivity contribution in [1.29, 1.82) is 0 Å². The van der Waals surface area contributed by atoms with E-state index in [9.17, 15) is 4.57 Å². The maximum atomic E-state index is 11.6. The van der Waals surface area contributed by atoms with Gasteiger partial charge in [0.15, 0.2) is 0 Å². The lowest BCUT2D eigenvalue weighted by atomic mass is 10.2. The SMILES string of the molecule is CCC(C)N(C(C)CC)P(N)(N)=O. The third kappa shape index (κ3) is 3.77. The summed E-state index contributed by atoms with van der Waals surface area (Å²) in [5, 5.41) is 0. The predicted molar refractivity (Wildman–Crippen MR) is 57.3 cm³/mol. The van der Waals surface area contributed by atoms with E-state index in [1.54, 1.807) is 4.67 Å². The Morgan fingerprint density at radius 1 is 1.15 bits per heavy atom. The molecule has 0 aromatic carbocycles. The van der Waals surface area contributed by atoms with Crippen LogP contribution in [-0.2, 0) is 4.57 Å². The van der Waals surface area contributed by atoms with E-state index in [4.69, 9.17) is 11.0 Å². The van der Waals surface area contributed by atoms with Gasteiger partial charge in [-0.1, -0.05) is 13.8 Å². The van der Waals surface area contributed by atoms with E-state index in [0.29, 0.717) is 0 Å². The molecular formula is C8H22N3OP. The van der Waals surface area contributed by atoms with Crippen LogP contribution in [0.25, 0.3) is 0 Å². The molecule has 0 aromatic rings. The van der Waals surface area contributed by atoms with Crippen LogP contribution in [0.5, 0.6) is 0 Å². The van der Waals surface area contributed by atoms with E-state index < -0.39 is 7.59 Å². The van der Waals surface area contributed by atoms with Crippen molar-refractivity contribution in [2.24, 2.45) is 11.0 Å². The highest BCUT2D eigenvalue weighted by atomic mass is 31.2. The molecule has 0 spiro atoms. The molecule has 0 heterocycles. The van der Waals surface area contributed by atoms with Gasteiger partial charge < -0.3 is 0 Å². The van der Waals surface area contributed by atoms with Gasteiger partial charge in [-0.05, 0) is 26.7 Å². The molecule has 5 heteroatoms. The van der Waals surface area contributed by atoms with Crippen molar-refractivity contribution in [3.63, 3.8) is 0 Å². The van der Waals surface area contributed by atoms with Crippen molar-refractivity contribution in [2.45, 2.75) is 52.6 Å². The van der Waals surface area contributed by atoms with Gasteiger partial charge in [0.05, 0.1) is 0 Å². The van der Waals surface area contributed by atoms with Crippen LogP contribution in [0, 0.1) is 0 Å². The van der Waals surface area contributed by atoms with Crippen molar-refractivity contribution in [2.75, 3.05) is 0 Å². The molecule has 0 aliphatic carbocycles. The molecular weight excluding hydrogens is 185 g/mol. The second-order valence-corrected chi connectivity index (χ2v) is 5.37. The Morgan fingerprint density at radius 3 is 1.62 bits per heavy atom. The summed E-state index contributed by atoms with van der Waals surface area (Å²) in [6.07, 6.45) is 1.81. The predicted octanol–water partition coefficient (Wildman–Crippen LogP) is 1.91. The average molecular weight is 207 g/mol. The van der Waals surface area contributed by atoms with Gasteiger partial charge in [0.25, 0.3) is 7.59 Å². The Kier molecular flexibility index (Phi) is 5.15. The maximum absolute atomic E-state index is 11.6. The summed E-state index contributed by atoms with van der Waals surface area (Å²) in [5.74, 6) is 0. The molecule has 0 bridgehead atoms. The fourth-order valence-electron chi connectivity index (χ4n) is 1.42. The Hall–Kier alpha value is 0.110. The minimum absolute atomic E-state index is 0.177.